The maximum Gasteiger partial charge on any atom is 0.0540 e. The molecule has 0 N–H and O–H groups in total. The average molecular weight is 636 g/mol. The fourth-order valence-electron chi connectivity index (χ4n) is 11.1. The summed E-state index contributed by atoms with van der Waals surface area (Å²) in [6.45, 7) is 0. The second kappa shape index (κ2) is 10.2. The van der Waals surface area contributed by atoms with E-state index >= 15 is 0 Å². The molecule has 4 fully saturated rings. The minimum atomic E-state index is 0.134. The van der Waals surface area contributed by atoms with Crippen molar-refractivity contribution in [2.75, 3.05) is 4.90 Å². The summed E-state index contributed by atoms with van der Waals surface area (Å²) >= 11 is 1.90. The van der Waals surface area contributed by atoms with Gasteiger partial charge in [-0.2, -0.15) is 0 Å². The summed E-state index contributed by atoms with van der Waals surface area (Å²) in [5.41, 5.74) is 12.5. The normalized spacial score (nSPS) is 24.8. The van der Waals surface area contributed by atoms with Crippen molar-refractivity contribution < 1.29 is 0 Å². The summed E-state index contributed by atoms with van der Waals surface area (Å²) < 4.78 is 2.68. The Labute approximate surface area is 286 Å². The van der Waals surface area contributed by atoms with Crippen LogP contribution in [0.25, 0.3) is 42.4 Å². The van der Waals surface area contributed by atoms with Gasteiger partial charge >= 0.3 is 0 Å². The molecule has 4 saturated carbocycles. The lowest BCUT2D eigenvalue weighted by Crippen LogP contribution is -2.55. The van der Waals surface area contributed by atoms with E-state index in [0.29, 0.717) is 0 Å². The number of thiophene rings is 1. The van der Waals surface area contributed by atoms with Crippen LogP contribution in [0, 0.1) is 23.7 Å². The Morgan fingerprint density at radius 3 is 1.94 bits per heavy atom. The Balaban J connectivity index is 1.16. The van der Waals surface area contributed by atoms with Crippen LogP contribution >= 0.6 is 11.3 Å². The van der Waals surface area contributed by atoms with Gasteiger partial charge in [-0.15, -0.1) is 11.3 Å². The Morgan fingerprint density at radius 1 is 0.479 bits per heavy atom. The van der Waals surface area contributed by atoms with Crippen LogP contribution in [0.4, 0.5) is 17.1 Å². The molecule has 4 bridgehead atoms. The van der Waals surface area contributed by atoms with Gasteiger partial charge in [-0.1, -0.05) is 103 Å². The van der Waals surface area contributed by atoms with E-state index in [1.165, 1.54) is 91.6 Å². The van der Waals surface area contributed by atoms with Gasteiger partial charge in [0.05, 0.1) is 5.69 Å². The van der Waals surface area contributed by atoms with Crippen LogP contribution in [-0.2, 0) is 5.41 Å². The van der Waals surface area contributed by atoms with Crippen LogP contribution in [0.5, 0.6) is 0 Å². The molecule has 12 rings (SSSR count). The predicted molar refractivity (Wildman–Crippen MR) is 203 cm³/mol. The van der Waals surface area contributed by atoms with Crippen LogP contribution < -0.4 is 4.90 Å². The first-order valence-corrected chi connectivity index (χ1v) is 18.7. The van der Waals surface area contributed by atoms with E-state index in [9.17, 15) is 0 Å². The van der Waals surface area contributed by atoms with Crippen molar-refractivity contribution in [1.29, 1.82) is 0 Å². The third-order valence-electron chi connectivity index (χ3n) is 12.6. The second-order valence-electron chi connectivity index (χ2n) is 14.9. The largest absolute Gasteiger partial charge is 0.310 e. The number of para-hydroxylation sites is 1. The molecule has 6 aromatic carbocycles. The average Bonchev–Trinajstić information content (AvgIpc) is 3.64. The molecule has 5 aliphatic carbocycles. The topological polar surface area (TPSA) is 3.24 Å². The molecule has 1 heterocycles. The maximum atomic E-state index is 2.63. The number of hydrogen-bond acceptors (Lipinski definition) is 2. The van der Waals surface area contributed by atoms with Gasteiger partial charge in [0.25, 0.3) is 0 Å². The van der Waals surface area contributed by atoms with Crippen molar-refractivity contribution in [3.63, 3.8) is 0 Å². The summed E-state index contributed by atoms with van der Waals surface area (Å²) in [5, 5.41) is 2.69. The van der Waals surface area contributed by atoms with Crippen LogP contribution in [0.3, 0.4) is 0 Å². The summed E-state index contributed by atoms with van der Waals surface area (Å²) in [7, 11) is 0. The monoisotopic (exact) mass is 635 g/mol. The van der Waals surface area contributed by atoms with Crippen molar-refractivity contribution in [3.05, 3.63) is 151 Å². The molecule has 1 nitrogen and oxygen atoms in total. The highest BCUT2D eigenvalue weighted by atomic mass is 32.1. The van der Waals surface area contributed by atoms with Gasteiger partial charge in [-0.05, 0) is 120 Å². The summed E-state index contributed by atoms with van der Waals surface area (Å²) in [6, 6.07) is 52.9. The standard InChI is InChI=1S/C46H37NS/c1-2-10-31(11-3-1)36-12-5-8-16-43(36)47(35-19-21-40-39-14-6-9-17-44(39)48-45(40)28-35)34-18-20-38-37-13-4-7-15-41(37)46(42(38)27-34)32-23-29-22-30(25-32)26-33(46)24-29/h1-21,27-30,32-33H,22-26H2. The molecule has 5 aliphatic rings. The van der Waals surface area contributed by atoms with E-state index in [0.717, 1.165) is 23.7 Å². The number of rotatable bonds is 4. The summed E-state index contributed by atoms with van der Waals surface area (Å²) in [6.07, 6.45) is 7.06. The lowest BCUT2D eigenvalue weighted by atomic mass is 9.43. The third-order valence-corrected chi connectivity index (χ3v) is 13.8. The number of nitrogens with zero attached hydrogens (tertiary/aromatic N) is 1. The fraction of sp³-hybridized carbons (Fsp3) is 0.217. The number of hydrogen-bond donors (Lipinski definition) is 0. The molecule has 0 saturated heterocycles. The van der Waals surface area contributed by atoms with E-state index < -0.39 is 0 Å². The third kappa shape index (κ3) is 3.73. The molecule has 0 amide bonds. The lowest BCUT2D eigenvalue weighted by Gasteiger charge is -2.61. The Kier molecular flexibility index (Phi) is 5.79. The van der Waals surface area contributed by atoms with E-state index in [1.807, 2.05) is 11.3 Å². The van der Waals surface area contributed by atoms with E-state index in [-0.39, 0.29) is 5.41 Å². The van der Waals surface area contributed by atoms with Crippen LogP contribution in [0.1, 0.15) is 43.2 Å². The zero-order valence-corrected chi connectivity index (χ0v) is 27.8. The van der Waals surface area contributed by atoms with Gasteiger partial charge < -0.3 is 4.90 Å². The van der Waals surface area contributed by atoms with Gasteiger partial charge in [0.15, 0.2) is 0 Å². The summed E-state index contributed by atoms with van der Waals surface area (Å²) in [4.78, 5) is 2.55. The Bertz CT molecular complexity index is 2350. The van der Waals surface area contributed by atoms with Crippen LogP contribution in [0.2, 0.25) is 0 Å². The molecule has 7 aromatic rings. The zero-order chi connectivity index (χ0) is 31.4. The quantitative estimate of drug-likeness (QED) is 0.186. The molecule has 1 aromatic heterocycles. The molecule has 0 radical (unpaired) electrons. The van der Waals surface area contributed by atoms with E-state index in [4.69, 9.17) is 0 Å². The highest BCUT2D eigenvalue weighted by molar-refractivity contribution is 7.25. The first-order valence-electron chi connectivity index (χ1n) is 17.9. The lowest BCUT2D eigenvalue weighted by molar-refractivity contribution is -0.0399. The van der Waals surface area contributed by atoms with Crippen molar-refractivity contribution in [2.24, 2.45) is 23.7 Å². The molecule has 232 valence electrons. The molecule has 2 heteroatoms. The van der Waals surface area contributed by atoms with Crippen molar-refractivity contribution in [3.8, 4) is 22.3 Å². The molecule has 0 aliphatic heterocycles. The first-order chi connectivity index (χ1) is 23.8. The highest BCUT2D eigenvalue weighted by Gasteiger charge is 2.61. The van der Waals surface area contributed by atoms with Gasteiger partial charge in [-0.25, -0.2) is 0 Å². The van der Waals surface area contributed by atoms with Crippen LogP contribution in [0.15, 0.2) is 140 Å². The number of benzene rings is 6. The summed E-state index contributed by atoms with van der Waals surface area (Å²) in [5.74, 6) is 3.34. The SMILES string of the molecule is c1ccc(-c2ccccc2N(c2ccc3c(c2)C2(c4ccccc4-3)C3CC4CC(C3)CC2C4)c2ccc3c(c2)sc2ccccc23)cc1. The Hall–Kier alpha value is -4.66. The molecular formula is C46H37NS. The Morgan fingerprint density at radius 2 is 1.10 bits per heavy atom. The number of anilines is 3. The zero-order valence-electron chi connectivity index (χ0n) is 27.0. The molecule has 0 unspecified atom stereocenters. The van der Waals surface area contributed by atoms with Gasteiger partial charge in [0.2, 0.25) is 0 Å². The fourth-order valence-corrected chi connectivity index (χ4v) is 12.2. The second-order valence-corrected chi connectivity index (χ2v) is 16.0. The minimum absolute atomic E-state index is 0.134. The predicted octanol–water partition coefficient (Wildman–Crippen LogP) is 12.9. The molecular weight excluding hydrogens is 599 g/mol. The van der Waals surface area contributed by atoms with Gasteiger partial charge in [0.1, 0.15) is 0 Å². The maximum absolute atomic E-state index is 2.63. The highest BCUT2D eigenvalue weighted by Crippen LogP contribution is 2.69. The minimum Gasteiger partial charge on any atom is -0.310 e. The molecule has 0 atom stereocenters. The van der Waals surface area contributed by atoms with E-state index in [2.05, 4.69) is 144 Å². The number of fused-ring (bicyclic) bond motifs is 6. The van der Waals surface area contributed by atoms with E-state index in [1.54, 1.807) is 11.1 Å². The van der Waals surface area contributed by atoms with Gasteiger partial charge in [0, 0.05) is 42.5 Å². The van der Waals surface area contributed by atoms with Gasteiger partial charge in [-0.3, -0.25) is 0 Å². The first kappa shape index (κ1) is 27.3. The van der Waals surface area contributed by atoms with Crippen molar-refractivity contribution in [2.45, 2.75) is 37.5 Å². The molecule has 1 spiro atoms. The van der Waals surface area contributed by atoms with Crippen molar-refractivity contribution >= 4 is 48.6 Å². The smallest absolute Gasteiger partial charge is 0.0540 e. The van der Waals surface area contributed by atoms with Crippen molar-refractivity contribution in [1.82, 2.24) is 0 Å². The molecule has 48 heavy (non-hydrogen) atoms. The van der Waals surface area contributed by atoms with Crippen LogP contribution in [-0.4, -0.2) is 0 Å².